The van der Waals surface area contributed by atoms with E-state index in [9.17, 15) is 5.11 Å². The third kappa shape index (κ3) is 2.28. The first-order valence-electron chi connectivity index (χ1n) is 5.51. The Hall–Kier alpha value is -0.980. The molecular weight excluding hydrogens is 172 g/mol. The van der Waals surface area contributed by atoms with Crippen LogP contribution >= 0.6 is 0 Å². The first-order valence-corrected chi connectivity index (χ1v) is 5.51. The molecule has 1 N–H and O–H groups in total. The second kappa shape index (κ2) is 5.04. The Labute approximate surface area is 86.8 Å². The van der Waals surface area contributed by atoms with Gasteiger partial charge in [0, 0.05) is 0 Å². The van der Waals surface area contributed by atoms with E-state index in [1.165, 1.54) is 17.5 Å². The van der Waals surface area contributed by atoms with Crippen molar-refractivity contribution in [2.24, 2.45) is 0 Å². The lowest BCUT2D eigenvalue weighted by Crippen LogP contribution is -1.96. The van der Waals surface area contributed by atoms with E-state index in [0.29, 0.717) is 5.75 Å². The molecule has 0 radical (unpaired) electrons. The molecule has 0 unspecified atom stereocenters. The van der Waals surface area contributed by atoms with E-state index in [1.54, 1.807) is 0 Å². The standard InChI is InChI=1S/C13H20O/c1-4-6-7-12-11(5-2)10(3)8-9-13(12)14/h8-9,14H,4-7H2,1-3H3. The van der Waals surface area contributed by atoms with E-state index in [0.717, 1.165) is 24.8 Å². The van der Waals surface area contributed by atoms with Crippen LogP contribution in [0.1, 0.15) is 43.4 Å². The molecule has 0 amide bonds. The van der Waals surface area contributed by atoms with Crippen molar-refractivity contribution in [1.29, 1.82) is 0 Å². The number of hydrogen-bond acceptors (Lipinski definition) is 1. The molecular formula is C13H20O. The Morgan fingerprint density at radius 1 is 1.14 bits per heavy atom. The van der Waals surface area contributed by atoms with Gasteiger partial charge in [-0.1, -0.05) is 26.3 Å². The van der Waals surface area contributed by atoms with Crippen molar-refractivity contribution in [2.45, 2.75) is 46.5 Å². The summed E-state index contributed by atoms with van der Waals surface area (Å²) in [5.41, 5.74) is 3.80. The second-order valence-corrected chi connectivity index (χ2v) is 3.82. The molecule has 0 aliphatic carbocycles. The lowest BCUT2D eigenvalue weighted by atomic mass is 9.95. The summed E-state index contributed by atoms with van der Waals surface area (Å²) in [6.07, 6.45) is 4.35. The molecule has 0 heterocycles. The molecule has 1 aromatic carbocycles. The second-order valence-electron chi connectivity index (χ2n) is 3.82. The molecule has 0 aromatic heterocycles. The van der Waals surface area contributed by atoms with Crippen LogP contribution in [0.25, 0.3) is 0 Å². The molecule has 0 spiro atoms. The molecule has 1 rings (SSSR count). The monoisotopic (exact) mass is 192 g/mol. The minimum absolute atomic E-state index is 0.473. The number of rotatable bonds is 4. The van der Waals surface area contributed by atoms with Crippen LogP contribution in [0.3, 0.4) is 0 Å². The topological polar surface area (TPSA) is 20.2 Å². The number of aromatic hydroxyl groups is 1. The summed E-state index contributed by atoms with van der Waals surface area (Å²) in [5, 5.41) is 9.77. The van der Waals surface area contributed by atoms with Crippen LogP contribution in [0.2, 0.25) is 0 Å². The highest BCUT2D eigenvalue weighted by atomic mass is 16.3. The lowest BCUT2D eigenvalue weighted by molar-refractivity contribution is 0.465. The summed E-state index contributed by atoms with van der Waals surface area (Å²) in [5.74, 6) is 0.473. The Balaban J connectivity index is 3.03. The Kier molecular flexibility index (Phi) is 3.99. The normalized spacial score (nSPS) is 10.5. The van der Waals surface area contributed by atoms with Crippen molar-refractivity contribution >= 4 is 0 Å². The minimum Gasteiger partial charge on any atom is -0.508 e. The number of aryl methyl sites for hydroxylation is 1. The van der Waals surface area contributed by atoms with Gasteiger partial charge in [0.25, 0.3) is 0 Å². The highest BCUT2D eigenvalue weighted by Crippen LogP contribution is 2.26. The van der Waals surface area contributed by atoms with Gasteiger partial charge in [0.1, 0.15) is 5.75 Å². The zero-order chi connectivity index (χ0) is 10.6. The summed E-state index contributed by atoms with van der Waals surface area (Å²) >= 11 is 0. The molecule has 0 atom stereocenters. The van der Waals surface area contributed by atoms with Crippen LogP contribution in [0.15, 0.2) is 12.1 Å². The zero-order valence-electron chi connectivity index (χ0n) is 9.43. The van der Waals surface area contributed by atoms with Gasteiger partial charge in [-0.25, -0.2) is 0 Å². The fraction of sp³-hybridized carbons (Fsp3) is 0.538. The van der Waals surface area contributed by atoms with Gasteiger partial charge in [0.2, 0.25) is 0 Å². The van der Waals surface area contributed by atoms with E-state index in [-0.39, 0.29) is 0 Å². The van der Waals surface area contributed by atoms with Crippen molar-refractivity contribution in [2.75, 3.05) is 0 Å². The lowest BCUT2D eigenvalue weighted by Gasteiger charge is -2.12. The first kappa shape index (κ1) is 11.1. The summed E-state index contributed by atoms with van der Waals surface area (Å²) in [7, 11) is 0. The number of unbranched alkanes of at least 4 members (excludes halogenated alkanes) is 1. The average molecular weight is 192 g/mol. The third-order valence-electron chi connectivity index (χ3n) is 2.77. The Bertz CT molecular complexity index is 302. The number of phenolic OH excluding ortho intramolecular Hbond substituents is 1. The predicted octanol–water partition coefficient (Wildman–Crippen LogP) is 3.61. The van der Waals surface area contributed by atoms with Gasteiger partial charge in [-0.3, -0.25) is 0 Å². The van der Waals surface area contributed by atoms with E-state index in [2.05, 4.69) is 20.8 Å². The van der Waals surface area contributed by atoms with Crippen LogP contribution < -0.4 is 0 Å². The van der Waals surface area contributed by atoms with Gasteiger partial charge in [0.15, 0.2) is 0 Å². The smallest absolute Gasteiger partial charge is 0.119 e. The van der Waals surface area contributed by atoms with E-state index < -0.39 is 0 Å². The Morgan fingerprint density at radius 3 is 2.43 bits per heavy atom. The molecule has 0 saturated carbocycles. The van der Waals surface area contributed by atoms with Crippen molar-refractivity contribution < 1.29 is 5.11 Å². The van der Waals surface area contributed by atoms with Crippen molar-refractivity contribution in [3.8, 4) is 5.75 Å². The minimum atomic E-state index is 0.473. The quantitative estimate of drug-likeness (QED) is 0.772. The molecule has 0 aliphatic rings. The van der Waals surface area contributed by atoms with Crippen LogP contribution in [0.5, 0.6) is 5.75 Å². The summed E-state index contributed by atoms with van der Waals surface area (Å²) in [6, 6.07) is 3.82. The third-order valence-corrected chi connectivity index (χ3v) is 2.77. The van der Waals surface area contributed by atoms with E-state index in [1.807, 2.05) is 12.1 Å². The molecule has 78 valence electrons. The number of hydrogen-bond donors (Lipinski definition) is 1. The SMILES string of the molecule is CCCCc1c(O)ccc(C)c1CC. The predicted molar refractivity (Wildman–Crippen MR) is 60.8 cm³/mol. The maximum absolute atomic E-state index is 9.77. The van der Waals surface area contributed by atoms with Gasteiger partial charge in [-0.05, 0) is 48.9 Å². The summed E-state index contributed by atoms with van der Waals surface area (Å²) < 4.78 is 0. The molecule has 14 heavy (non-hydrogen) atoms. The highest BCUT2D eigenvalue weighted by molar-refractivity contribution is 5.44. The van der Waals surface area contributed by atoms with Gasteiger partial charge in [0.05, 0.1) is 0 Å². The van der Waals surface area contributed by atoms with Crippen molar-refractivity contribution in [3.05, 3.63) is 28.8 Å². The largest absolute Gasteiger partial charge is 0.508 e. The van der Waals surface area contributed by atoms with Crippen molar-refractivity contribution in [1.82, 2.24) is 0 Å². The first-order chi connectivity index (χ1) is 6.70. The average Bonchev–Trinajstić information content (AvgIpc) is 2.19. The molecule has 1 heteroatoms. The maximum atomic E-state index is 9.77. The molecule has 0 saturated heterocycles. The molecule has 0 fully saturated rings. The van der Waals surface area contributed by atoms with E-state index >= 15 is 0 Å². The Morgan fingerprint density at radius 2 is 1.86 bits per heavy atom. The molecule has 1 aromatic rings. The fourth-order valence-corrected chi connectivity index (χ4v) is 1.92. The fourth-order valence-electron chi connectivity index (χ4n) is 1.92. The van der Waals surface area contributed by atoms with Gasteiger partial charge < -0.3 is 5.11 Å². The van der Waals surface area contributed by atoms with Gasteiger partial charge >= 0.3 is 0 Å². The molecule has 0 bridgehead atoms. The van der Waals surface area contributed by atoms with Crippen LogP contribution in [-0.4, -0.2) is 5.11 Å². The van der Waals surface area contributed by atoms with E-state index in [4.69, 9.17) is 0 Å². The van der Waals surface area contributed by atoms with Crippen LogP contribution in [-0.2, 0) is 12.8 Å². The number of phenols is 1. The van der Waals surface area contributed by atoms with Crippen LogP contribution in [0.4, 0.5) is 0 Å². The molecule has 0 aliphatic heterocycles. The van der Waals surface area contributed by atoms with Gasteiger partial charge in [-0.2, -0.15) is 0 Å². The van der Waals surface area contributed by atoms with Gasteiger partial charge in [-0.15, -0.1) is 0 Å². The summed E-state index contributed by atoms with van der Waals surface area (Å²) in [6.45, 7) is 6.45. The van der Waals surface area contributed by atoms with Crippen LogP contribution in [0, 0.1) is 6.92 Å². The highest BCUT2D eigenvalue weighted by Gasteiger charge is 2.08. The zero-order valence-corrected chi connectivity index (χ0v) is 9.43. The summed E-state index contributed by atoms with van der Waals surface area (Å²) in [4.78, 5) is 0. The molecule has 1 nitrogen and oxygen atoms in total. The van der Waals surface area contributed by atoms with Crippen molar-refractivity contribution in [3.63, 3.8) is 0 Å². The number of benzene rings is 1. The maximum Gasteiger partial charge on any atom is 0.119 e.